The number of amides is 1. The van der Waals surface area contributed by atoms with Crippen LogP contribution in [0.1, 0.15) is 5.56 Å². The lowest BCUT2D eigenvalue weighted by atomic mass is 10.1. The van der Waals surface area contributed by atoms with E-state index in [4.69, 9.17) is 4.74 Å². The largest absolute Gasteiger partial charge is 0.492 e. The van der Waals surface area contributed by atoms with Gasteiger partial charge in [0.05, 0.1) is 18.5 Å². The number of fused-ring (bicyclic) bond motifs is 1. The zero-order chi connectivity index (χ0) is 16.8. The molecule has 0 aliphatic heterocycles. The number of halogens is 1. The highest BCUT2D eigenvalue weighted by molar-refractivity contribution is 5.80. The van der Waals surface area contributed by atoms with Gasteiger partial charge < -0.3 is 10.1 Å². The molecule has 2 aromatic carbocycles. The van der Waals surface area contributed by atoms with Crippen molar-refractivity contribution in [2.24, 2.45) is 0 Å². The highest BCUT2D eigenvalue weighted by Crippen LogP contribution is 2.18. The summed E-state index contributed by atoms with van der Waals surface area (Å²) >= 11 is 0. The number of nitrogens with one attached hydrogen (secondary N) is 1. The Morgan fingerprint density at radius 3 is 2.92 bits per heavy atom. The normalized spacial score (nSPS) is 10.5. The second-order valence-corrected chi connectivity index (χ2v) is 5.36. The molecule has 4 nitrogen and oxygen atoms in total. The Balaban J connectivity index is 1.45. The number of carbonyl (C=O) groups excluding carboxylic acids is 1. The maximum atomic E-state index is 13.1. The standard InChI is InChI=1S/C19H17FN2O2/c20-16-5-1-3-14(11-16)12-19(23)22-9-10-24-17-6-7-18-15(13-17)4-2-8-21-18/h1-8,11,13H,9-10,12H2,(H,22,23). The minimum atomic E-state index is -0.338. The zero-order valence-electron chi connectivity index (χ0n) is 13.0. The van der Waals surface area contributed by atoms with Crippen molar-refractivity contribution in [3.63, 3.8) is 0 Å². The van der Waals surface area contributed by atoms with Crippen molar-refractivity contribution in [3.05, 3.63) is 72.2 Å². The molecule has 3 aromatic rings. The van der Waals surface area contributed by atoms with Gasteiger partial charge in [-0.05, 0) is 42.0 Å². The van der Waals surface area contributed by atoms with E-state index < -0.39 is 0 Å². The summed E-state index contributed by atoms with van der Waals surface area (Å²) in [5.74, 6) is 0.233. The first-order valence-electron chi connectivity index (χ1n) is 7.69. The van der Waals surface area contributed by atoms with Crippen molar-refractivity contribution in [2.75, 3.05) is 13.2 Å². The topological polar surface area (TPSA) is 51.2 Å². The molecule has 0 bridgehead atoms. The SMILES string of the molecule is O=C(Cc1cccc(F)c1)NCCOc1ccc2ncccc2c1. The molecule has 122 valence electrons. The van der Waals surface area contributed by atoms with E-state index in [1.54, 1.807) is 18.3 Å². The van der Waals surface area contributed by atoms with Crippen LogP contribution in [0.15, 0.2) is 60.8 Å². The van der Waals surface area contributed by atoms with Crippen molar-refractivity contribution in [3.8, 4) is 5.75 Å². The summed E-state index contributed by atoms with van der Waals surface area (Å²) < 4.78 is 18.7. The van der Waals surface area contributed by atoms with Gasteiger partial charge in [-0.3, -0.25) is 9.78 Å². The number of hydrogen-bond acceptors (Lipinski definition) is 3. The monoisotopic (exact) mass is 324 g/mol. The maximum Gasteiger partial charge on any atom is 0.224 e. The molecule has 0 saturated heterocycles. The van der Waals surface area contributed by atoms with Crippen LogP contribution in [0.2, 0.25) is 0 Å². The molecule has 1 amide bonds. The predicted octanol–water partition coefficient (Wildman–Crippen LogP) is 3.11. The van der Waals surface area contributed by atoms with Gasteiger partial charge in [0, 0.05) is 11.6 Å². The van der Waals surface area contributed by atoms with Crippen LogP contribution in [0.25, 0.3) is 10.9 Å². The molecule has 0 spiro atoms. The zero-order valence-corrected chi connectivity index (χ0v) is 13.0. The number of pyridine rings is 1. The Hall–Kier alpha value is -2.95. The summed E-state index contributed by atoms with van der Waals surface area (Å²) in [6, 6.07) is 15.5. The van der Waals surface area contributed by atoms with Crippen molar-refractivity contribution in [2.45, 2.75) is 6.42 Å². The fourth-order valence-electron chi connectivity index (χ4n) is 2.40. The first kappa shape index (κ1) is 15.9. The summed E-state index contributed by atoms with van der Waals surface area (Å²) in [5.41, 5.74) is 1.56. The van der Waals surface area contributed by atoms with E-state index in [0.717, 1.165) is 16.7 Å². The number of rotatable bonds is 6. The molecule has 1 heterocycles. The van der Waals surface area contributed by atoms with Gasteiger partial charge in [0.25, 0.3) is 0 Å². The van der Waals surface area contributed by atoms with Gasteiger partial charge in [0.15, 0.2) is 0 Å². The Morgan fingerprint density at radius 2 is 2.04 bits per heavy atom. The summed E-state index contributed by atoms with van der Waals surface area (Å²) in [4.78, 5) is 16.1. The molecular formula is C19H17FN2O2. The van der Waals surface area contributed by atoms with Gasteiger partial charge in [0.1, 0.15) is 18.2 Å². The quantitative estimate of drug-likeness (QED) is 0.709. The molecule has 1 N–H and O–H groups in total. The van der Waals surface area contributed by atoms with Gasteiger partial charge in [-0.25, -0.2) is 4.39 Å². The average molecular weight is 324 g/mol. The second-order valence-electron chi connectivity index (χ2n) is 5.36. The van der Waals surface area contributed by atoms with E-state index in [-0.39, 0.29) is 18.1 Å². The first-order chi connectivity index (χ1) is 11.7. The van der Waals surface area contributed by atoms with Gasteiger partial charge in [0.2, 0.25) is 5.91 Å². The van der Waals surface area contributed by atoms with E-state index >= 15 is 0 Å². The van der Waals surface area contributed by atoms with Crippen LogP contribution in [0.3, 0.4) is 0 Å². The molecule has 0 aliphatic rings. The fourth-order valence-corrected chi connectivity index (χ4v) is 2.40. The van der Waals surface area contributed by atoms with E-state index in [0.29, 0.717) is 18.7 Å². The predicted molar refractivity (Wildman–Crippen MR) is 90.4 cm³/mol. The second kappa shape index (κ2) is 7.55. The minimum absolute atomic E-state index is 0.152. The van der Waals surface area contributed by atoms with Gasteiger partial charge in [-0.1, -0.05) is 18.2 Å². The number of benzene rings is 2. The van der Waals surface area contributed by atoms with E-state index in [1.165, 1.54) is 12.1 Å². The smallest absolute Gasteiger partial charge is 0.224 e. The van der Waals surface area contributed by atoms with Crippen LogP contribution in [0, 0.1) is 5.82 Å². The van der Waals surface area contributed by atoms with Crippen molar-refractivity contribution < 1.29 is 13.9 Å². The van der Waals surface area contributed by atoms with E-state index in [2.05, 4.69) is 10.3 Å². The van der Waals surface area contributed by atoms with Gasteiger partial charge in [-0.15, -0.1) is 0 Å². The lowest BCUT2D eigenvalue weighted by Crippen LogP contribution is -2.29. The van der Waals surface area contributed by atoms with Crippen molar-refractivity contribution >= 4 is 16.8 Å². The number of hydrogen-bond donors (Lipinski definition) is 1. The van der Waals surface area contributed by atoms with Gasteiger partial charge in [-0.2, -0.15) is 0 Å². The molecule has 0 saturated carbocycles. The summed E-state index contributed by atoms with van der Waals surface area (Å²) in [6.07, 6.45) is 1.90. The van der Waals surface area contributed by atoms with Crippen LogP contribution in [-0.4, -0.2) is 24.0 Å². The Morgan fingerprint density at radius 1 is 1.12 bits per heavy atom. The third-order valence-corrected chi connectivity index (χ3v) is 3.52. The van der Waals surface area contributed by atoms with Crippen molar-refractivity contribution in [1.82, 2.24) is 10.3 Å². The lowest BCUT2D eigenvalue weighted by Gasteiger charge is -2.08. The van der Waals surface area contributed by atoms with Crippen LogP contribution in [0.4, 0.5) is 4.39 Å². The van der Waals surface area contributed by atoms with Crippen LogP contribution in [0.5, 0.6) is 5.75 Å². The molecule has 0 atom stereocenters. The van der Waals surface area contributed by atoms with Crippen LogP contribution in [-0.2, 0) is 11.2 Å². The Bertz CT molecular complexity index is 851. The molecular weight excluding hydrogens is 307 g/mol. The van der Waals surface area contributed by atoms with Crippen LogP contribution < -0.4 is 10.1 Å². The van der Waals surface area contributed by atoms with E-state index in [1.807, 2.05) is 30.3 Å². The maximum absolute atomic E-state index is 13.1. The highest BCUT2D eigenvalue weighted by atomic mass is 19.1. The average Bonchev–Trinajstić information content (AvgIpc) is 2.58. The number of carbonyl (C=O) groups is 1. The number of aromatic nitrogens is 1. The van der Waals surface area contributed by atoms with E-state index in [9.17, 15) is 9.18 Å². The molecule has 0 unspecified atom stereocenters. The van der Waals surface area contributed by atoms with Crippen molar-refractivity contribution in [1.29, 1.82) is 0 Å². The number of nitrogens with zero attached hydrogens (tertiary/aromatic N) is 1. The minimum Gasteiger partial charge on any atom is -0.492 e. The molecule has 5 heteroatoms. The summed E-state index contributed by atoms with van der Waals surface area (Å²) in [6.45, 7) is 0.750. The highest BCUT2D eigenvalue weighted by Gasteiger charge is 2.04. The Labute approximate surface area is 139 Å². The summed E-state index contributed by atoms with van der Waals surface area (Å²) in [7, 11) is 0. The Kier molecular flexibility index (Phi) is 5.01. The number of ether oxygens (including phenoxy) is 1. The molecule has 24 heavy (non-hydrogen) atoms. The lowest BCUT2D eigenvalue weighted by molar-refractivity contribution is -0.120. The van der Waals surface area contributed by atoms with Gasteiger partial charge >= 0.3 is 0 Å². The molecule has 3 rings (SSSR count). The summed E-state index contributed by atoms with van der Waals surface area (Å²) in [5, 5.41) is 3.76. The third kappa shape index (κ3) is 4.29. The molecule has 0 aliphatic carbocycles. The first-order valence-corrected chi connectivity index (χ1v) is 7.69. The molecule has 1 aromatic heterocycles. The third-order valence-electron chi connectivity index (χ3n) is 3.52. The fraction of sp³-hybridized carbons (Fsp3) is 0.158. The van der Waals surface area contributed by atoms with Crippen LogP contribution >= 0.6 is 0 Å². The molecule has 0 fully saturated rings. The molecule has 0 radical (unpaired) electrons.